The Morgan fingerprint density at radius 3 is 2.78 bits per heavy atom. The van der Waals surface area contributed by atoms with Crippen LogP contribution >= 0.6 is 0 Å². The van der Waals surface area contributed by atoms with Gasteiger partial charge in [0.15, 0.2) is 0 Å². The highest BCUT2D eigenvalue weighted by molar-refractivity contribution is 5.68. The van der Waals surface area contributed by atoms with Crippen molar-refractivity contribution in [2.24, 2.45) is 0 Å². The standard InChI is InChI=1S/C13H20N2O3/c1-13(2,3)18-12(17)15-7-9(11(16)8-15)10-5-4-6-14-10/h4-6,9,11,14,16H,7-8H2,1-3H3. The number of aromatic amines is 1. The Balaban J connectivity index is 2.00. The van der Waals surface area contributed by atoms with Gasteiger partial charge in [0.2, 0.25) is 0 Å². The van der Waals surface area contributed by atoms with E-state index in [9.17, 15) is 9.90 Å². The van der Waals surface area contributed by atoms with Crippen molar-refractivity contribution < 1.29 is 14.6 Å². The van der Waals surface area contributed by atoms with Crippen molar-refractivity contribution in [1.82, 2.24) is 9.88 Å². The number of nitrogens with zero attached hydrogens (tertiary/aromatic N) is 1. The van der Waals surface area contributed by atoms with E-state index >= 15 is 0 Å². The SMILES string of the molecule is CC(C)(C)OC(=O)N1CC(O)C(c2ccc[nH]2)C1. The van der Waals surface area contributed by atoms with Gasteiger partial charge in [0.1, 0.15) is 5.60 Å². The van der Waals surface area contributed by atoms with Gasteiger partial charge < -0.3 is 19.7 Å². The van der Waals surface area contributed by atoms with Crippen molar-refractivity contribution in [1.29, 1.82) is 0 Å². The Morgan fingerprint density at radius 2 is 2.22 bits per heavy atom. The quantitative estimate of drug-likeness (QED) is 0.799. The fourth-order valence-corrected chi connectivity index (χ4v) is 2.14. The molecule has 2 unspecified atom stereocenters. The molecular weight excluding hydrogens is 232 g/mol. The van der Waals surface area contributed by atoms with Gasteiger partial charge >= 0.3 is 6.09 Å². The number of aromatic nitrogens is 1. The number of H-pyrrole nitrogens is 1. The highest BCUT2D eigenvalue weighted by Crippen LogP contribution is 2.27. The lowest BCUT2D eigenvalue weighted by molar-refractivity contribution is 0.0270. The van der Waals surface area contributed by atoms with E-state index in [2.05, 4.69) is 4.98 Å². The molecule has 1 aliphatic heterocycles. The summed E-state index contributed by atoms with van der Waals surface area (Å²) in [4.78, 5) is 16.5. The molecule has 2 rings (SSSR count). The van der Waals surface area contributed by atoms with E-state index in [0.29, 0.717) is 13.1 Å². The first-order valence-corrected chi connectivity index (χ1v) is 6.16. The predicted octanol–water partition coefficient (Wildman–Crippen LogP) is 1.71. The molecule has 2 heterocycles. The summed E-state index contributed by atoms with van der Waals surface area (Å²) in [5.74, 6) is -0.0625. The topological polar surface area (TPSA) is 65.6 Å². The first-order chi connectivity index (χ1) is 8.37. The molecule has 5 heteroatoms. The molecule has 1 aromatic rings. The molecular formula is C13H20N2O3. The Labute approximate surface area is 107 Å². The van der Waals surface area contributed by atoms with Gasteiger partial charge in [-0.25, -0.2) is 4.79 Å². The van der Waals surface area contributed by atoms with Gasteiger partial charge in [0.05, 0.1) is 12.6 Å². The summed E-state index contributed by atoms with van der Waals surface area (Å²) in [6.07, 6.45) is 0.907. The molecule has 1 fully saturated rings. The maximum atomic E-state index is 11.9. The Bertz CT molecular complexity index is 408. The van der Waals surface area contributed by atoms with Crippen LogP contribution in [-0.2, 0) is 4.74 Å². The van der Waals surface area contributed by atoms with Gasteiger partial charge in [0, 0.05) is 24.4 Å². The van der Waals surface area contributed by atoms with Crippen LogP contribution in [0.2, 0.25) is 0 Å². The maximum Gasteiger partial charge on any atom is 0.410 e. The van der Waals surface area contributed by atoms with E-state index in [-0.39, 0.29) is 12.0 Å². The second-order valence-electron chi connectivity index (χ2n) is 5.68. The maximum absolute atomic E-state index is 11.9. The third-order valence-electron chi connectivity index (χ3n) is 2.96. The Morgan fingerprint density at radius 1 is 1.50 bits per heavy atom. The van der Waals surface area contributed by atoms with E-state index < -0.39 is 11.7 Å². The molecule has 2 N–H and O–H groups in total. The molecule has 18 heavy (non-hydrogen) atoms. The van der Waals surface area contributed by atoms with Crippen molar-refractivity contribution in [3.63, 3.8) is 0 Å². The van der Waals surface area contributed by atoms with Crippen molar-refractivity contribution in [2.45, 2.75) is 38.4 Å². The van der Waals surface area contributed by atoms with Crippen molar-refractivity contribution in [3.8, 4) is 0 Å². The molecule has 1 saturated heterocycles. The van der Waals surface area contributed by atoms with Crippen LogP contribution in [-0.4, -0.2) is 45.9 Å². The summed E-state index contributed by atoms with van der Waals surface area (Å²) in [5.41, 5.74) is 0.445. The van der Waals surface area contributed by atoms with Crippen molar-refractivity contribution >= 4 is 6.09 Å². The molecule has 1 aromatic heterocycles. The smallest absolute Gasteiger partial charge is 0.410 e. The third-order valence-corrected chi connectivity index (χ3v) is 2.96. The van der Waals surface area contributed by atoms with Crippen LogP contribution < -0.4 is 0 Å². The van der Waals surface area contributed by atoms with Crippen molar-refractivity contribution in [2.75, 3.05) is 13.1 Å². The normalized spacial score (nSPS) is 24.3. The zero-order chi connectivity index (χ0) is 13.3. The number of hydrogen-bond donors (Lipinski definition) is 2. The highest BCUT2D eigenvalue weighted by atomic mass is 16.6. The molecule has 0 spiro atoms. The number of hydrogen-bond acceptors (Lipinski definition) is 3. The zero-order valence-corrected chi connectivity index (χ0v) is 11.0. The Kier molecular flexibility index (Phi) is 3.34. The fraction of sp³-hybridized carbons (Fsp3) is 0.615. The van der Waals surface area contributed by atoms with Crippen LogP contribution in [0.25, 0.3) is 0 Å². The molecule has 0 bridgehead atoms. The van der Waals surface area contributed by atoms with E-state index in [0.717, 1.165) is 5.69 Å². The van der Waals surface area contributed by atoms with Gasteiger partial charge in [-0.2, -0.15) is 0 Å². The number of aliphatic hydroxyl groups is 1. The minimum absolute atomic E-state index is 0.0625. The van der Waals surface area contributed by atoms with Crippen LogP contribution in [0.4, 0.5) is 4.79 Å². The summed E-state index contributed by atoms with van der Waals surface area (Å²) in [6, 6.07) is 3.81. The lowest BCUT2D eigenvalue weighted by Gasteiger charge is -2.24. The number of β-amino-alcohol motifs (C(OH)–C–C–N with tert-alkyl or cyclic N) is 1. The lowest BCUT2D eigenvalue weighted by atomic mass is 10.0. The zero-order valence-electron chi connectivity index (χ0n) is 11.0. The van der Waals surface area contributed by atoms with Gasteiger partial charge in [-0.1, -0.05) is 0 Å². The number of carbonyl (C=O) groups is 1. The summed E-state index contributed by atoms with van der Waals surface area (Å²) >= 11 is 0. The highest BCUT2D eigenvalue weighted by Gasteiger charge is 2.37. The molecule has 0 radical (unpaired) electrons. The van der Waals surface area contributed by atoms with Crippen LogP contribution in [0.5, 0.6) is 0 Å². The average Bonchev–Trinajstić information content (AvgIpc) is 2.82. The molecule has 100 valence electrons. The summed E-state index contributed by atoms with van der Waals surface area (Å²) in [7, 11) is 0. The van der Waals surface area contributed by atoms with E-state index in [1.165, 1.54) is 0 Å². The number of amides is 1. The number of ether oxygens (including phenoxy) is 1. The van der Waals surface area contributed by atoms with Gasteiger partial charge in [-0.05, 0) is 32.9 Å². The second kappa shape index (κ2) is 4.65. The first-order valence-electron chi connectivity index (χ1n) is 6.16. The summed E-state index contributed by atoms with van der Waals surface area (Å²) in [5, 5.41) is 10.0. The van der Waals surface area contributed by atoms with Crippen LogP contribution in [0.3, 0.4) is 0 Å². The molecule has 0 aliphatic carbocycles. The first kappa shape index (κ1) is 13.0. The average molecular weight is 252 g/mol. The molecule has 1 aliphatic rings. The van der Waals surface area contributed by atoms with E-state index in [4.69, 9.17) is 4.74 Å². The summed E-state index contributed by atoms with van der Waals surface area (Å²) < 4.78 is 5.30. The van der Waals surface area contributed by atoms with Gasteiger partial charge in [-0.15, -0.1) is 0 Å². The number of aliphatic hydroxyl groups excluding tert-OH is 1. The second-order valence-corrected chi connectivity index (χ2v) is 5.68. The number of carbonyl (C=O) groups excluding carboxylic acids is 1. The van der Waals surface area contributed by atoms with Gasteiger partial charge in [-0.3, -0.25) is 0 Å². The monoisotopic (exact) mass is 252 g/mol. The Hall–Kier alpha value is -1.49. The molecule has 1 amide bonds. The van der Waals surface area contributed by atoms with E-state index in [1.807, 2.05) is 39.1 Å². The largest absolute Gasteiger partial charge is 0.444 e. The van der Waals surface area contributed by atoms with Crippen LogP contribution in [0.1, 0.15) is 32.4 Å². The lowest BCUT2D eigenvalue weighted by Crippen LogP contribution is -2.35. The minimum atomic E-state index is -0.545. The minimum Gasteiger partial charge on any atom is -0.444 e. The van der Waals surface area contributed by atoms with Crippen LogP contribution in [0.15, 0.2) is 18.3 Å². The van der Waals surface area contributed by atoms with E-state index in [1.54, 1.807) is 4.90 Å². The molecule has 2 atom stereocenters. The fourth-order valence-electron chi connectivity index (χ4n) is 2.14. The summed E-state index contributed by atoms with van der Waals surface area (Å²) in [6.45, 7) is 6.30. The molecule has 0 saturated carbocycles. The number of nitrogens with one attached hydrogen (secondary N) is 1. The number of rotatable bonds is 1. The molecule has 5 nitrogen and oxygen atoms in total. The third kappa shape index (κ3) is 2.85. The van der Waals surface area contributed by atoms with Crippen LogP contribution in [0, 0.1) is 0 Å². The van der Waals surface area contributed by atoms with Gasteiger partial charge in [0.25, 0.3) is 0 Å². The van der Waals surface area contributed by atoms with Crippen molar-refractivity contribution in [3.05, 3.63) is 24.0 Å². The number of likely N-dealkylation sites (tertiary alicyclic amines) is 1. The predicted molar refractivity (Wildman–Crippen MR) is 67.3 cm³/mol. The molecule has 0 aromatic carbocycles.